The summed E-state index contributed by atoms with van der Waals surface area (Å²) in [6.45, 7) is 4.48. The highest BCUT2D eigenvalue weighted by Crippen LogP contribution is 2.37. The maximum absolute atomic E-state index is 5.78. The lowest BCUT2D eigenvalue weighted by Gasteiger charge is -2.42. The molecule has 0 aromatic carbocycles. The second-order valence-electron chi connectivity index (χ2n) is 5.95. The van der Waals surface area contributed by atoms with Crippen molar-refractivity contribution in [1.29, 1.82) is 0 Å². The van der Waals surface area contributed by atoms with Gasteiger partial charge in [0.25, 0.3) is 0 Å². The van der Waals surface area contributed by atoms with Crippen molar-refractivity contribution in [3.8, 4) is 0 Å². The second-order valence-corrected chi connectivity index (χ2v) is 5.95. The van der Waals surface area contributed by atoms with Crippen LogP contribution < -0.4 is 10.6 Å². The highest BCUT2D eigenvalue weighted by Gasteiger charge is 2.31. The van der Waals surface area contributed by atoms with Crippen LogP contribution in [0.5, 0.6) is 0 Å². The van der Waals surface area contributed by atoms with E-state index in [2.05, 4.69) is 16.8 Å². The average Bonchev–Trinajstić information content (AvgIpc) is 2.38. The van der Waals surface area contributed by atoms with Crippen LogP contribution in [-0.4, -0.2) is 18.1 Å². The quantitative estimate of drug-likeness (QED) is 0.827. The van der Waals surface area contributed by atoms with Gasteiger partial charge in [-0.1, -0.05) is 19.3 Å². The van der Waals surface area contributed by atoms with Crippen molar-refractivity contribution in [3.63, 3.8) is 0 Å². The lowest BCUT2D eigenvalue weighted by atomic mass is 9.75. The molecular formula is C15H23N3. The number of nitrogens with zero attached hydrogens (tertiary/aromatic N) is 2. The van der Waals surface area contributed by atoms with Crippen LogP contribution in [0.15, 0.2) is 12.3 Å². The Labute approximate surface area is 109 Å². The molecule has 3 rings (SSSR count). The van der Waals surface area contributed by atoms with Crippen LogP contribution in [-0.2, 0) is 0 Å². The molecule has 1 aliphatic heterocycles. The summed E-state index contributed by atoms with van der Waals surface area (Å²) >= 11 is 0. The normalized spacial score (nSPS) is 27.9. The molecular weight excluding hydrogens is 222 g/mol. The Hall–Kier alpha value is -1.25. The van der Waals surface area contributed by atoms with Crippen molar-refractivity contribution < 1.29 is 0 Å². The Morgan fingerprint density at radius 1 is 1.22 bits per heavy atom. The summed E-state index contributed by atoms with van der Waals surface area (Å²) in [4.78, 5) is 7.01. The summed E-state index contributed by atoms with van der Waals surface area (Å²) in [7, 11) is 0. The van der Waals surface area contributed by atoms with E-state index in [-0.39, 0.29) is 0 Å². The van der Waals surface area contributed by atoms with E-state index in [0.717, 1.165) is 23.3 Å². The van der Waals surface area contributed by atoms with E-state index in [4.69, 9.17) is 5.73 Å². The summed E-state index contributed by atoms with van der Waals surface area (Å²) < 4.78 is 0. The molecule has 0 bridgehead atoms. The standard InChI is InChI=1S/C15H23N3/c1-11-8-14(16)9-17-15(11)18-7-6-12-4-2-3-5-13(12)10-18/h8-9,12-13H,2-7,10,16H2,1H3. The first-order valence-electron chi connectivity index (χ1n) is 7.21. The van der Waals surface area contributed by atoms with Crippen LogP contribution in [0.4, 0.5) is 11.5 Å². The molecule has 0 amide bonds. The lowest BCUT2D eigenvalue weighted by molar-refractivity contribution is 0.202. The minimum absolute atomic E-state index is 0.767. The van der Waals surface area contributed by atoms with Gasteiger partial charge in [0.15, 0.2) is 0 Å². The molecule has 0 spiro atoms. The fourth-order valence-electron chi connectivity index (χ4n) is 3.71. The molecule has 1 aromatic heterocycles. The Morgan fingerprint density at radius 3 is 2.78 bits per heavy atom. The maximum atomic E-state index is 5.78. The minimum Gasteiger partial charge on any atom is -0.397 e. The van der Waals surface area contributed by atoms with Crippen LogP contribution in [0, 0.1) is 18.8 Å². The first kappa shape index (κ1) is 11.8. The smallest absolute Gasteiger partial charge is 0.131 e. The Kier molecular flexibility index (Phi) is 3.14. The topological polar surface area (TPSA) is 42.1 Å². The summed E-state index contributed by atoms with van der Waals surface area (Å²) in [6.07, 6.45) is 8.86. The van der Waals surface area contributed by atoms with E-state index >= 15 is 0 Å². The molecule has 98 valence electrons. The first-order chi connectivity index (χ1) is 8.74. The van der Waals surface area contributed by atoms with Gasteiger partial charge in [0, 0.05) is 13.1 Å². The fourth-order valence-corrected chi connectivity index (χ4v) is 3.71. The largest absolute Gasteiger partial charge is 0.397 e. The van der Waals surface area contributed by atoms with Crippen LogP contribution in [0.1, 0.15) is 37.7 Å². The number of aryl methyl sites for hydroxylation is 1. The molecule has 2 heterocycles. The maximum Gasteiger partial charge on any atom is 0.131 e. The van der Waals surface area contributed by atoms with Gasteiger partial charge in [0.05, 0.1) is 11.9 Å². The number of nitrogen functional groups attached to an aromatic ring is 1. The van der Waals surface area contributed by atoms with Crippen LogP contribution >= 0.6 is 0 Å². The number of aromatic nitrogens is 1. The molecule has 1 saturated heterocycles. The molecule has 3 nitrogen and oxygen atoms in total. The van der Waals surface area contributed by atoms with Gasteiger partial charge in [-0.25, -0.2) is 4.98 Å². The highest BCUT2D eigenvalue weighted by atomic mass is 15.2. The first-order valence-corrected chi connectivity index (χ1v) is 7.21. The van der Waals surface area contributed by atoms with Crippen molar-refractivity contribution in [3.05, 3.63) is 17.8 Å². The van der Waals surface area contributed by atoms with Gasteiger partial charge >= 0.3 is 0 Å². The third-order valence-electron chi connectivity index (χ3n) is 4.66. The van der Waals surface area contributed by atoms with E-state index in [9.17, 15) is 0 Å². The molecule has 1 aliphatic carbocycles. The molecule has 1 saturated carbocycles. The number of hydrogen-bond acceptors (Lipinski definition) is 3. The van der Waals surface area contributed by atoms with Crippen molar-refractivity contribution in [2.24, 2.45) is 11.8 Å². The van der Waals surface area contributed by atoms with Crippen molar-refractivity contribution in [1.82, 2.24) is 4.98 Å². The summed E-state index contributed by atoms with van der Waals surface area (Å²) in [6, 6.07) is 2.04. The van der Waals surface area contributed by atoms with Gasteiger partial charge in [0.2, 0.25) is 0 Å². The van der Waals surface area contributed by atoms with Crippen molar-refractivity contribution >= 4 is 11.5 Å². The van der Waals surface area contributed by atoms with Gasteiger partial charge in [-0.3, -0.25) is 0 Å². The molecule has 0 radical (unpaired) electrons. The monoisotopic (exact) mass is 245 g/mol. The third-order valence-corrected chi connectivity index (χ3v) is 4.66. The van der Waals surface area contributed by atoms with E-state index in [1.807, 2.05) is 6.07 Å². The number of fused-ring (bicyclic) bond motifs is 1. The number of piperidine rings is 1. The van der Waals surface area contributed by atoms with Crippen molar-refractivity contribution in [2.45, 2.75) is 39.0 Å². The molecule has 2 N–H and O–H groups in total. The fraction of sp³-hybridized carbons (Fsp3) is 0.667. The zero-order valence-corrected chi connectivity index (χ0v) is 11.2. The van der Waals surface area contributed by atoms with Gasteiger partial charge < -0.3 is 10.6 Å². The average molecular weight is 245 g/mol. The molecule has 2 unspecified atom stereocenters. The minimum atomic E-state index is 0.767. The van der Waals surface area contributed by atoms with E-state index in [0.29, 0.717) is 0 Å². The molecule has 1 aromatic rings. The Bertz CT molecular complexity index is 430. The third kappa shape index (κ3) is 2.18. The van der Waals surface area contributed by atoms with Gasteiger partial charge in [-0.15, -0.1) is 0 Å². The molecule has 2 atom stereocenters. The number of rotatable bonds is 1. The lowest BCUT2D eigenvalue weighted by Crippen LogP contribution is -2.42. The number of hydrogen-bond donors (Lipinski definition) is 1. The van der Waals surface area contributed by atoms with Gasteiger partial charge in [-0.05, 0) is 43.2 Å². The van der Waals surface area contributed by atoms with Crippen LogP contribution in [0.3, 0.4) is 0 Å². The Morgan fingerprint density at radius 2 is 2.00 bits per heavy atom. The van der Waals surface area contributed by atoms with Crippen LogP contribution in [0.2, 0.25) is 0 Å². The highest BCUT2D eigenvalue weighted by molar-refractivity contribution is 5.52. The summed E-state index contributed by atoms with van der Waals surface area (Å²) in [5.41, 5.74) is 7.76. The molecule has 18 heavy (non-hydrogen) atoms. The predicted octanol–water partition coefficient (Wildman–Crippen LogP) is 2.99. The molecule has 2 aliphatic rings. The van der Waals surface area contributed by atoms with E-state index in [1.54, 1.807) is 6.20 Å². The van der Waals surface area contributed by atoms with Gasteiger partial charge in [-0.2, -0.15) is 0 Å². The van der Waals surface area contributed by atoms with E-state index < -0.39 is 0 Å². The molecule has 2 fully saturated rings. The van der Waals surface area contributed by atoms with E-state index in [1.165, 1.54) is 50.8 Å². The van der Waals surface area contributed by atoms with Gasteiger partial charge in [0.1, 0.15) is 5.82 Å². The SMILES string of the molecule is Cc1cc(N)cnc1N1CCC2CCCCC2C1. The zero-order chi connectivity index (χ0) is 12.5. The van der Waals surface area contributed by atoms with Crippen LogP contribution in [0.25, 0.3) is 0 Å². The zero-order valence-electron chi connectivity index (χ0n) is 11.2. The summed E-state index contributed by atoms with van der Waals surface area (Å²) in [5, 5.41) is 0. The second kappa shape index (κ2) is 4.79. The molecule has 3 heteroatoms. The number of nitrogens with two attached hydrogens (primary N) is 1. The predicted molar refractivity (Wildman–Crippen MR) is 75.7 cm³/mol. The number of pyridine rings is 1. The Balaban J connectivity index is 1.77. The summed E-state index contributed by atoms with van der Waals surface area (Å²) in [5.74, 6) is 3.02. The van der Waals surface area contributed by atoms with Crippen molar-refractivity contribution in [2.75, 3.05) is 23.7 Å². The number of anilines is 2.